The van der Waals surface area contributed by atoms with Crippen LogP contribution in [-0.2, 0) is 10.2 Å². The molecular formula is C30H35ClN4O2. The lowest BCUT2D eigenvalue weighted by Gasteiger charge is -2.42. The molecule has 37 heavy (non-hydrogen) atoms. The largest absolute Gasteiger partial charge is 0.303 e. The van der Waals surface area contributed by atoms with Gasteiger partial charge in [-0.1, -0.05) is 29.8 Å². The Morgan fingerprint density at radius 2 is 1.81 bits per heavy atom. The number of rotatable bonds is 5. The van der Waals surface area contributed by atoms with Crippen LogP contribution in [0.4, 0.5) is 0 Å². The molecule has 0 radical (unpaired) electrons. The Bertz CT molecular complexity index is 1400. The van der Waals surface area contributed by atoms with E-state index in [4.69, 9.17) is 11.6 Å². The number of aromatic nitrogens is 2. The molecule has 0 aliphatic carbocycles. The van der Waals surface area contributed by atoms with Gasteiger partial charge < -0.3 is 14.6 Å². The lowest BCUT2D eigenvalue weighted by atomic mass is 9.82. The molecule has 0 amide bonds. The average molecular weight is 519 g/mol. The molecule has 0 saturated carbocycles. The fraction of sp³-hybridized carbons (Fsp3) is 0.500. The summed E-state index contributed by atoms with van der Waals surface area (Å²) in [6.45, 7) is 9.68. The van der Waals surface area contributed by atoms with Crippen molar-refractivity contribution >= 4 is 28.8 Å². The van der Waals surface area contributed by atoms with Crippen LogP contribution in [0.1, 0.15) is 68.8 Å². The third-order valence-electron chi connectivity index (χ3n) is 9.00. The number of carbonyl (C=O) groups excluding carboxylic acids is 1. The zero-order chi connectivity index (χ0) is 25.7. The van der Waals surface area contributed by atoms with Gasteiger partial charge in [-0.15, -0.1) is 0 Å². The van der Waals surface area contributed by atoms with Gasteiger partial charge in [0.1, 0.15) is 12.1 Å². The Balaban J connectivity index is 1.23. The Labute approximate surface area is 223 Å². The van der Waals surface area contributed by atoms with E-state index < -0.39 is 0 Å². The van der Waals surface area contributed by atoms with Gasteiger partial charge in [-0.05, 0) is 101 Å². The number of fused-ring (bicyclic) bond motifs is 5. The fourth-order valence-electron chi connectivity index (χ4n) is 6.87. The van der Waals surface area contributed by atoms with E-state index in [1.165, 1.54) is 24.0 Å². The standard InChI is InChI=1S/C30H35ClN4O2/c1-30(2)23-8-7-21(19-26(23)35-25-6-3-5-24(31)27(25)28(37)32-29(30)35)20-9-16-34(17-10-20)22-11-14-33(15-12-22)13-4-18-36/h3,5-8,18-20,22H,4,9-17H2,1-2H3. The van der Waals surface area contributed by atoms with Crippen molar-refractivity contribution in [2.24, 2.45) is 0 Å². The maximum absolute atomic E-state index is 12.9. The van der Waals surface area contributed by atoms with E-state index in [0.29, 0.717) is 28.8 Å². The van der Waals surface area contributed by atoms with Crippen LogP contribution in [0.25, 0.3) is 16.6 Å². The second-order valence-corrected chi connectivity index (χ2v) is 11.9. The summed E-state index contributed by atoms with van der Waals surface area (Å²) in [7, 11) is 0. The molecule has 2 fully saturated rings. The molecular weight excluding hydrogens is 484 g/mol. The van der Waals surface area contributed by atoms with E-state index in [1.807, 2.05) is 12.1 Å². The first-order chi connectivity index (χ1) is 17.9. The molecule has 6 rings (SSSR count). The number of hydrogen-bond acceptors (Lipinski definition) is 5. The first-order valence-corrected chi connectivity index (χ1v) is 14.0. The van der Waals surface area contributed by atoms with E-state index in [1.54, 1.807) is 6.07 Å². The third kappa shape index (κ3) is 4.23. The summed E-state index contributed by atoms with van der Waals surface area (Å²) >= 11 is 6.45. The highest BCUT2D eigenvalue weighted by atomic mass is 35.5. The van der Waals surface area contributed by atoms with Crippen LogP contribution in [0.3, 0.4) is 0 Å². The van der Waals surface area contributed by atoms with Gasteiger partial charge >= 0.3 is 0 Å². The third-order valence-corrected chi connectivity index (χ3v) is 9.31. The highest BCUT2D eigenvalue weighted by molar-refractivity contribution is 6.35. The minimum absolute atomic E-state index is 0.255. The first kappa shape index (κ1) is 24.8. The van der Waals surface area contributed by atoms with Crippen molar-refractivity contribution in [3.63, 3.8) is 0 Å². The number of aldehydes is 1. The van der Waals surface area contributed by atoms with Crippen LogP contribution in [0.2, 0.25) is 5.02 Å². The molecule has 3 aliphatic heterocycles. The molecule has 2 saturated heterocycles. The minimum atomic E-state index is -0.354. The Morgan fingerprint density at radius 1 is 1.05 bits per heavy atom. The van der Waals surface area contributed by atoms with E-state index >= 15 is 0 Å². The molecule has 4 heterocycles. The van der Waals surface area contributed by atoms with E-state index in [2.05, 4.69) is 51.4 Å². The number of likely N-dealkylation sites (tertiary alicyclic amines) is 2. The average Bonchev–Trinajstić information content (AvgIpc) is 3.14. The van der Waals surface area contributed by atoms with Crippen molar-refractivity contribution in [3.05, 3.63) is 68.7 Å². The SMILES string of the molecule is CC1(C)c2ccc(C3CCN(C4CCN(CCC=O)CC4)CC3)cc2-n2c1nc(=O)c1c(Cl)cccc12. The molecule has 7 heteroatoms. The molecule has 3 aliphatic rings. The smallest absolute Gasteiger partial charge is 0.282 e. The monoisotopic (exact) mass is 518 g/mol. The van der Waals surface area contributed by atoms with Crippen LogP contribution in [-0.4, -0.2) is 64.4 Å². The Morgan fingerprint density at radius 3 is 2.54 bits per heavy atom. The quantitative estimate of drug-likeness (QED) is 0.449. The van der Waals surface area contributed by atoms with Crippen molar-refractivity contribution in [2.45, 2.75) is 63.3 Å². The molecule has 194 valence electrons. The number of carbonyl (C=O) groups is 1. The Kier molecular flexibility index (Phi) is 6.46. The fourth-order valence-corrected chi connectivity index (χ4v) is 7.12. The summed E-state index contributed by atoms with van der Waals surface area (Å²) in [4.78, 5) is 33.3. The summed E-state index contributed by atoms with van der Waals surface area (Å²) in [6.07, 6.45) is 6.41. The zero-order valence-electron chi connectivity index (χ0n) is 21.8. The van der Waals surface area contributed by atoms with E-state index in [-0.39, 0.29) is 11.0 Å². The van der Waals surface area contributed by atoms with Gasteiger partial charge in [-0.3, -0.25) is 9.36 Å². The summed E-state index contributed by atoms with van der Waals surface area (Å²) in [5.41, 5.74) is 3.93. The van der Waals surface area contributed by atoms with Gasteiger partial charge in [0.15, 0.2) is 0 Å². The van der Waals surface area contributed by atoms with Crippen LogP contribution in [0, 0.1) is 0 Å². The predicted octanol–water partition coefficient (Wildman–Crippen LogP) is 4.91. The number of hydrogen-bond donors (Lipinski definition) is 0. The summed E-state index contributed by atoms with van der Waals surface area (Å²) in [6, 6.07) is 13.2. The lowest BCUT2D eigenvalue weighted by molar-refractivity contribution is -0.108. The molecule has 0 spiro atoms. The lowest BCUT2D eigenvalue weighted by Crippen LogP contribution is -2.47. The van der Waals surface area contributed by atoms with Gasteiger partial charge in [0.2, 0.25) is 0 Å². The minimum Gasteiger partial charge on any atom is -0.303 e. The summed E-state index contributed by atoms with van der Waals surface area (Å²) in [5.74, 6) is 1.32. The van der Waals surface area contributed by atoms with Gasteiger partial charge in [-0.2, -0.15) is 4.98 Å². The van der Waals surface area contributed by atoms with E-state index in [0.717, 1.165) is 68.9 Å². The zero-order valence-corrected chi connectivity index (χ0v) is 22.5. The normalized spacial score (nSPS) is 20.7. The van der Waals surface area contributed by atoms with Crippen molar-refractivity contribution in [3.8, 4) is 5.69 Å². The van der Waals surface area contributed by atoms with Crippen LogP contribution >= 0.6 is 11.6 Å². The maximum Gasteiger partial charge on any atom is 0.282 e. The topological polar surface area (TPSA) is 58.4 Å². The van der Waals surface area contributed by atoms with Crippen LogP contribution in [0.5, 0.6) is 0 Å². The van der Waals surface area contributed by atoms with Gasteiger partial charge in [0.05, 0.1) is 27.0 Å². The first-order valence-electron chi connectivity index (χ1n) is 13.6. The molecule has 0 bridgehead atoms. The molecule has 0 atom stereocenters. The molecule has 6 nitrogen and oxygen atoms in total. The second-order valence-electron chi connectivity index (χ2n) is 11.4. The number of nitrogens with zero attached hydrogens (tertiary/aromatic N) is 4. The molecule has 1 aromatic heterocycles. The van der Waals surface area contributed by atoms with Crippen molar-refractivity contribution in [1.82, 2.24) is 19.4 Å². The summed E-state index contributed by atoms with van der Waals surface area (Å²) < 4.78 is 2.16. The van der Waals surface area contributed by atoms with E-state index in [9.17, 15) is 9.59 Å². The molecule has 2 aromatic carbocycles. The predicted molar refractivity (Wildman–Crippen MR) is 148 cm³/mol. The van der Waals surface area contributed by atoms with Gasteiger partial charge in [-0.25, -0.2) is 0 Å². The molecule has 0 N–H and O–H groups in total. The second kappa shape index (κ2) is 9.64. The number of benzene rings is 2. The summed E-state index contributed by atoms with van der Waals surface area (Å²) in [5, 5.41) is 0.946. The highest BCUT2D eigenvalue weighted by Gasteiger charge is 2.39. The number of halogens is 1. The van der Waals surface area contributed by atoms with Crippen LogP contribution in [0.15, 0.2) is 41.2 Å². The van der Waals surface area contributed by atoms with Gasteiger partial charge in [0.25, 0.3) is 5.56 Å². The Hall–Kier alpha value is -2.54. The van der Waals surface area contributed by atoms with Crippen molar-refractivity contribution in [2.75, 3.05) is 32.7 Å². The molecule has 0 unspecified atom stereocenters. The molecule has 3 aromatic rings. The maximum atomic E-state index is 12.9. The highest BCUT2D eigenvalue weighted by Crippen LogP contribution is 2.44. The number of piperidine rings is 2. The van der Waals surface area contributed by atoms with Crippen molar-refractivity contribution in [1.29, 1.82) is 0 Å². The van der Waals surface area contributed by atoms with Crippen LogP contribution < -0.4 is 5.56 Å². The van der Waals surface area contributed by atoms with Gasteiger partial charge in [0, 0.05) is 19.0 Å². The van der Waals surface area contributed by atoms with Crippen molar-refractivity contribution < 1.29 is 4.79 Å².